The van der Waals surface area contributed by atoms with Gasteiger partial charge in [0.25, 0.3) is 0 Å². The van der Waals surface area contributed by atoms with E-state index in [1.807, 2.05) is 11.9 Å². The Kier molecular flexibility index (Phi) is 5.50. The number of likely N-dealkylation sites (N-methyl/N-ethyl adjacent to an activating group) is 1. The fourth-order valence-corrected chi connectivity index (χ4v) is 6.01. The molecule has 3 atom stereocenters. The number of likely N-dealkylation sites (tertiary alicyclic amines) is 2. The highest BCUT2D eigenvalue weighted by Gasteiger charge is 2.49. The predicted molar refractivity (Wildman–Crippen MR) is 106 cm³/mol. The molecule has 0 aromatic heterocycles. The summed E-state index contributed by atoms with van der Waals surface area (Å²) in [7, 11) is 2.03. The quantitative estimate of drug-likeness (QED) is 0.717. The summed E-state index contributed by atoms with van der Waals surface area (Å²) in [5.41, 5.74) is 0.277. The van der Waals surface area contributed by atoms with Gasteiger partial charge in [-0.3, -0.25) is 14.5 Å². The van der Waals surface area contributed by atoms with E-state index in [2.05, 4.69) is 16.7 Å². The second-order valence-corrected chi connectivity index (χ2v) is 9.89. The van der Waals surface area contributed by atoms with Crippen LogP contribution in [0.3, 0.4) is 0 Å². The summed E-state index contributed by atoms with van der Waals surface area (Å²) in [5.74, 6) is 3.20. The van der Waals surface area contributed by atoms with E-state index in [4.69, 9.17) is 0 Å². The van der Waals surface area contributed by atoms with E-state index in [0.717, 1.165) is 76.7 Å². The molecule has 27 heavy (non-hydrogen) atoms. The minimum atomic E-state index is 0.270. The van der Waals surface area contributed by atoms with Gasteiger partial charge in [0.15, 0.2) is 0 Å². The maximum absolute atomic E-state index is 12.8. The zero-order chi connectivity index (χ0) is 19.0. The number of rotatable bonds is 6. The van der Waals surface area contributed by atoms with Crippen LogP contribution in [0.1, 0.15) is 58.3 Å². The van der Waals surface area contributed by atoms with Crippen LogP contribution in [0.4, 0.5) is 0 Å². The lowest BCUT2D eigenvalue weighted by molar-refractivity contribution is -0.135. The Hall–Kier alpha value is -1.10. The normalized spacial score (nSPS) is 31.6. The van der Waals surface area contributed by atoms with Crippen molar-refractivity contribution in [2.45, 2.75) is 58.3 Å². The third-order valence-corrected chi connectivity index (χ3v) is 7.91. The monoisotopic (exact) mass is 375 g/mol. The zero-order valence-corrected chi connectivity index (χ0v) is 17.3. The molecule has 5 heteroatoms. The van der Waals surface area contributed by atoms with Crippen molar-refractivity contribution in [3.63, 3.8) is 0 Å². The third kappa shape index (κ3) is 4.18. The van der Waals surface area contributed by atoms with E-state index < -0.39 is 0 Å². The molecule has 0 aromatic carbocycles. The Bertz CT molecular complexity index is 570. The molecule has 1 spiro atoms. The van der Waals surface area contributed by atoms with Gasteiger partial charge in [-0.15, -0.1) is 0 Å². The number of fused-ring (bicyclic) bond motifs is 1. The molecule has 3 unspecified atom stereocenters. The summed E-state index contributed by atoms with van der Waals surface area (Å²) >= 11 is 0. The largest absolute Gasteiger partial charge is 0.342 e. The minimum Gasteiger partial charge on any atom is -0.342 e. The molecule has 2 saturated heterocycles. The average Bonchev–Trinajstić information content (AvgIpc) is 3.16. The first-order valence-corrected chi connectivity index (χ1v) is 11.2. The standard InChI is InChI=1S/C22H37N3O2/c1-3-9-23(2)15-21(27)24-10-6-22(7-11-24)8-12-25(16-22)20(26)14-18-5-4-17-13-19(17)18/h17-19H,3-16H2,1-2H3. The lowest BCUT2D eigenvalue weighted by atomic mass is 9.77. The second kappa shape index (κ2) is 7.73. The fraction of sp³-hybridized carbons (Fsp3) is 0.909. The minimum absolute atomic E-state index is 0.270. The van der Waals surface area contributed by atoms with E-state index >= 15 is 0 Å². The van der Waals surface area contributed by atoms with Gasteiger partial charge in [0, 0.05) is 32.6 Å². The summed E-state index contributed by atoms with van der Waals surface area (Å²) in [5, 5.41) is 0. The topological polar surface area (TPSA) is 43.9 Å². The van der Waals surface area contributed by atoms with Gasteiger partial charge in [0.05, 0.1) is 6.54 Å². The summed E-state index contributed by atoms with van der Waals surface area (Å²) in [4.78, 5) is 31.6. The highest BCUT2D eigenvalue weighted by atomic mass is 16.2. The van der Waals surface area contributed by atoms with Gasteiger partial charge in [0.2, 0.25) is 11.8 Å². The molecule has 2 heterocycles. The van der Waals surface area contributed by atoms with Crippen LogP contribution in [-0.4, -0.2) is 72.8 Å². The Morgan fingerprint density at radius 1 is 1.04 bits per heavy atom. The van der Waals surface area contributed by atoms with E-state index in [1.54, 1.807) is 0 Å². The first kappa shape index (κ1) is 19.2. The molecular weight excluding hydrogens is 338 g/mol. The van der Waals surface area contributed by atoms with Crippen LogP contribution in [0.25, 0.3) is 0 Å². The summed E-state index contributed by atoms with van der Waals surface area (Å²) in [6.07, 6.45) is 9.17. The Morgan fingerprint density at radius 3 is 2.33 bits per heavy atom. The van der Waals surface area contributed by atoms with Gasteiger partial charge < -0.3 is 9.80 Å². The lowest BCUT2D eigenvalue weighted by Gasteiger charge is -2.39. The van der Waals surface area contributed by atoms with Gasteiger partial charge >= 0.3 is 0 Å². The number of carbonyl (C=O) groups excluding carboxylic acids is 2. The van der Waals surface area contributed by atoms with Crippen LogP contribution in [-0.2, 0) is 9.59 Å². The van der Waals surface area contributed by atoms with Crippen LogP contribution in [0.5, 0.6) is 0 Å². The summed E-state index contributed by atoms with van der Waals surface area (Å²) < 4.78 is 0. The predicted octanol–water partition coefficient (Wildman–Crippen LogP) is 2.61. The van der Waals surface area contributed by atoms with E-state index in [-0.39, 0.29) is 11.3 Å². The molecule has 2 saturated carbocycles. The molecule has 0 aromatic rings. The average molecular weight is 376 g/mol. The molecule has 4 fully saturated rings. The van der Waals surface area contributed by atoms with E-state index in [9.17, 15) is 9.59 Å². The van der Waals surface area contributed by atoms with Crippen LogP contribution >= 0.6 is 0 Å². The maximum Gasteiger partial charge on any atom is 0.236 e. The van der Waals surface area contributed by atoms with Crippen molar-refractivity contribution in [1.29, 1.82) is 0 Å². The van der Waals surface area contributed by atoms with Crippen LogP contribution in [0, 0.1) is 23.2 Å². The number of hydrogen-bond donors (Lipinski definition) is 0. The molecule has 152 valence electrons. The van der Waals surface area contributed by atoms with Crippen molar-refractivity contribution in [1.82, 2.24) is 14.7 Å². The number of carbonyl (C=O) groups is 2. The van der Waals surface area contributed by atoms with Crippen LogP contribution < -0.4 is 0 Å². The highest BCUT2D eigenvalue weighted by Crippen LogP contribution is 2.56. The molecule has 4 aliphatic rings. The van der Waals surface area contributed by atoms with Crippen molar-refractivity contribution in [2.24, 2.45) is 23.2 Å². The van der Waals surface area contributed by atoms with Crippen molar-refractivity contribution in [3.05, 3.63) is 0 Å². The van der Waals surface area contributed by atoms with Gasteiger partial charge in [0.1, 0.15) is 0 Å². The van der Waals surface area contributed by atoms with Crippen molar-refractivity contribution in [3.8, 4) is 0 Å². The van der Waals surface area contributed by atoms with Crippen molar-refractivity contribution in [2.75, 3.05) is 46.3 Å². The highest BCUT2D eigenvalue weighted by molar-refractivity contribution is 5.78. The third-order valence-electron chi connectivity index (χ3n) is 7.91. The maximum atomic E-state index is 12.8. The Labute approximate surface area is 164 Å². The molecule has 4 rings (SSSR count). The number of nitrogens with zero attached hydrogens (tertiary/aromatic N) is 3. The molecule has 2 aliphatic heterocycles. The molecule has 5 nitrogen and oxygen atoms in total. The molecule has 2 amide bonds. The number of hydrogen-bond acceptors (Lipinski definition) is 3. The van der Waals surface area contributed by atoms with Gasteiger partial charge in [-0.05, 0) is 81.7 Å². The van der Waals surface area contributed by atoms with E-state index in [0.29, 0.717) is 18.4 Å². The molecular formula is C22H37N3O2. The molecule has 0 N–H and O–H groups in total. The summed E-state index contributed by atoms with van der Waals surface area (Å²) in [6, 6.07) is 0. The van der Waals surface area contributed by atoms with Gasteiger partial charge in [-0.1, -0.05) is 6.92 Å². The first-order valence-electron chi connectivity index (χ1n) is 11.2. The van der Waals surface area contributed by atoms with Crippen LogP contribution in [0.2, 0.25) is 0 Å². The number of amides is 2. The first-order chi connectivity index (χ1) is 13.0. The lowest BCUT2D eigenvalue weighted by Crippen LogP contribution is -2.47. The molecule has 2 aliphatic carbocycles. The van der Waals surface area contributed by atoms with Crippen LogP contribution in [0.15, 0.2) is 0 Å². The smallest absolute Gasteiger partial charge is 0.236 e. The Morgan fingerprint density at radius 2 is 1.74 bits per heavy atom. The second-order valence-electron chi connectivity index (χ2n) is 9.89. The van der Waals surface area contributed by atoms with Crippen molar-refractivity contribution >= 4 is 11.8 Å². The SMILES string of the molecule is CCCN(C)CC(=O)N1CCC2(CC1)CCN(C(=O)CC1CCC3CC13)C2. The number of piperidine rings is 1. The molecule has 0 radical (unpaired) electrons. The van der Waals surface area contributed by atoms with Gasteiger partial charge in [-0.25, -0.2) is 0 Å². The zero-order valence-electron chi connectivity index (χ0n) is 17.3. The van der Waals surface area contributed by atoms with E-state index in [1.165, 1.54) is 19.3 Å². The summed E-state index contributed by atoms with van der Waals surface area (Å²) in [6.45, 7) is 7.27. The van der Waals surface area contributed by atoms with Crippen molar-refractivity contribution < 1.29 is 9.59 Å². The Balaban J connectivity index is 1.23. The van der Waals surface area contributed by atoms with Gasteiger partial charge in [-0.2, -0.15) is 0 Å². The molecule has 0 bridgehead atoms. The fourth-order valence-electron chi connectivity index (χ4n) is 6.01.